The largest absolute Gasteiger partial charge is 0.468 e. The van der Waals surface area contributed by atoms with E-state index in [0.717, 1.165) is 5.56 Å². The van der Waals surface area contributed by atoms with E-state index in [4.69, 9.17) is 9.47 Å². The molecule has 0 aromatic heterocycles. The second kappa shape index (κ2) is 11.3. The van der Waals surface area contributed by atoms with E-state index in [1.165, 1.54) is 14.2 Å². The molecule has 0 spiro atoms. The van der Waals surface area contributed by atoms with Crippen molar-refractivity contribution >= 4 is 18.0 Å². The van der Waals surface area contributed by atoms with E-state index < -0.39 is 29.7 Å². The van der Waals surface area contributed by atoms with Gasteiger partial charge in [-0.05, 0) is 39.2 Å². The quantitative estimate of drug-likeness (QED) is 0.489. The molecule has 1 aromatic carbocycles. The van der Waals surface area contributed by atoms with Crippen molar-refractivity contribution in [2.24, 2.45) is 0 Å². The van der Waals surface area contributed by atoms with Gasteiger partial charge in [-0.1, -0.05) is 30.3 Å². The summed E-state index contributed by atoms with van der Waals surface area (Å²) in [7, 11) is 2.58. The number of ether oxygens (including phenoxy) is 3. The summed E-state index contributed by atoms with van der Waals surface area (Å²) >= 11 is 0. The van der Waals surface area contributed by atoms with Gasteiger partial charge in [0.25, 0.3) is 0 Å². The number of esters is 2. The van der Waals surface area contributed by atoms with Crippen molar-refractivity contribution in [2.45, 2.75) is 51.3 Å². The van der Waals surface area contributed by atoms with E-state index in [2.05, 4.69) is 15.4 Å². The molecule has 0 aliphatic heterocycles. The Morgan fingerprint density at radius 1 is 1.00 bits per heavy atom. The first-order chi connectivity index (χ1) is 13.2. The van der Waals surface area contributed by atoms with Gasteiger partial charge in [-0.25, -0.2) is 9.59 Å². The third-order valence-corrected chi connectivity index (χ3v) is 3.84. The van der Waals surface area contributed by atoms with Crippen LogP contribution in [0.25, 0.3) is 0 Å². The van der Waals surface area contributed by atoms with Crippen molar-refractivity contribution in [1.82, 2.24) is 10.6 Å². The average molecular weight is 394 g/mol. The predicted octanol–water partition coefficient (Wildman–Crippen LogP) is 2.34. The van der Waals surface area contributed by atoms with E-state index in [0.29, 0.717) is 12.8 Å². The molecular formula is C20H30N2O6. The van der Waals surface area contributed by atoms with Crippen LogP contribution in [0, 0.1) is 0 Å². The van der Waals surface area contributed by atoms with Crippen LogP contribution >= 0.6 is 0 Å². The molecule has 0 bridgehead atoms. The lowest BCUT2D eigenvalue weighted by atomic mass is 9.99. The van der Waals surface area contributed by atoms with Gasteiger partial charge in [0.05, 0.1) is 20.8 Å². The topological polar surface area (TPSA) is 103 Å². The lowest BCUT2D eigenvalue weighted by molar-refractivity contribution is -0.143. The highest BCUT2D eigenvalue weighted by Crippen LogP contribution is 2.20. The van der Waals surface area contributed by atoms with Crippen LogP contribution in [0.5, 0.6) is 0 Å². The highest BCUT2D eigenvalue weighted by atomic mass is 16.6. The van der Waals surface area contributed by atoms with Crippen LogP contribution in [-0.2, 0) is 23.8 Å². The molecule has 0 radical (unpaired) electrons. The number of hydrogen-bond donors (Lipinski definition) is 2. The standard InChI is InChI=1S/C20H30N2O6/c1-20(2,3)28-19(25)22-16(18(24)27-5)12-11-15(21-13-17(23)26-4)14-9-7-6-8-10-14/h6-10,15-16,21H,11-13H2,1-5H3,(H,22,25). The normalized spacial score (nSPS) is 13.2. The van der Waals surface area contributed by atoms with Gasteiger partial charge in [0.15, 0.2) is 0 Å². The summed E-state index contributed by atoms with van der Waals surface area (Å²) in [6.07, 6.45) is 0.0673. The SMILES string of the molecule is COC(=O)CNC(CCC(NC(=O)OC(C)(C)C)C(=O)OC)c1ccccc1. The molecule has 2 atom stereocenters. The lowest BCUT2D eigenvalue weighted by Crippen LogP contribution is -2.44. The fraction of sp³-hybridized carbons (Fsp3) is 0.550. The summed E-state index contributed by atoms with van der Waals surface area (Å²) in [5.41, 5.74) is 0.270. The molecule has 2 N–H and O–H groups in total. The highest BCUT2D eigenvalue weighted by molar-refractivity contribution is 5.81. The maximum atomic E-state index is 12.1. The first-order valence-corrected chi connectivity index (χ1v) is 9.08. The third-order valence-electron chi connectivity index (χ3n) is 3.84. The molecule has 1 rings (SSSR count). The second-order valence-electron chi connectivity index (χ2n) is 7.22. The van der Waals surface area contributed by atoms with Gasteiger partial charge < -0.3 is 24.8 Å². The molecule has 0 fully saturated rings. The zero-order valence-electron chi connectivity index (χ0n) is 17.1. The molecule has 0 heterocycles. The maximum absolute atomic E-state index is 12.1. The minimum Gasteiger partial charge on any atom is -0.468 e. The zero-order chi connectivity index (χ0) is 21.2. The van der Waals surface area contributed by atoms with E-state index in [9.17, 15) is 14.4 Å². The Morgan fingerprint density at radius 3 is 2.18 bits per heavy atom. The van der Waals surface area contributed by atoms with Crippen molar-refractivity contribution in [3.8, 4) is 0 Å². The molecule has 1 aromatic rings. The fourth-order valence-corrected chi connectivity index (χ4v) is 2.52. The summed E-state index contributed by atoms with van der Waals surface area (Å²) < 4.78 is 14.7. The summed E-state index contributed by atoms with van der Waals surface area (Å²) in [6, 6.07) is 8.42. The number of hydrogen-bond acceptors (Lipinski definition) is 7. The third kappa shape index (κ3) is 8.85. The number of alkyl carbamates (subject to hydrolysis) is 1. The minimum absolute atomic E-state index is 0.0262. The van der Waals surface area contributed by atoms with Crippen LogP contribution < -0.4 is 10.6 Å². The molecule has 8 heteroatoms. The Labute approximate surface area is 165 Å². The Morgan fingerprint density at radius 2 is 1.64 bits per heavy atom. The predicted molar refractivity (Wildman–Crippen MR) is 104 cm³/mol. The van der Waals surface area contributed by atoms with Crippen LogP contribution in [0.3, 0.4) is 0 Å². The molecule has 0 aliphatic rings. The summed E-state index contributed by atoms with van der Waals surface area (Å²) in [5.74, 6) is -0.956. The van der Waals surface area contributed by atoms with Crippen LogP contribution in [0.2, 0.25) is 0 Å². The highest BCUT2D eigenvalue weighted by Gasteiger charge is 2.26. The monoisotopic (exact) mass is 394 g/mol. The molecule has 28 heavy (non-hydrogen) atoms. The van der Waals surface area contributed by atoms with E-state index in [-0.39, 0.29) is 12.6 Å². The van der Waals surface area contributed by atoms with Gasteiger partial charge in [0.2, 0.25) is 0 Å². The lowest BCUT2D eigenvalue weighted by Gasteiger charge is -2.24. The Bertz CT molecular complexity index is 642. The van der Waals surface area contributed by atoms with Gasteiger partial charge in [-0.2, -0.15) is 0 Å². The van der Waals surface area contributed by atoms with Crippen molar-refractivity contribution in [3.63, 3.8) is 0 Å². The maximum Gasteiger partial charge on any atom is 0.408 e. The number of benzene rings is 1. The Balaban J connectivity index is 2.81. The molecule has 0 saturated heterocycles. The summed E-state index contributed by atoms with van der Waals surface area (Å²) in [4.78, 5) is 35.6. The van der Waals surface area contributed by atoms with Crippen LogP contribution in [0.15, 0.2) is 30.3 Å². The zero-order valence-corrected chi connectivity index (χ0v) is 17.1. The summed E-state index contributed by atoms with van der Waals surface area (Å²) in [6.45, 7) is 5.24. The molecule has 0 aliphatic carbocycles. The number of carbonyl (C=O) groups excluding carboxylic acids is 3. The van der Waals surface area contributed by atoms with E-state index in [1.54, 1.807) is 20.8 Å². The first kappa shape index (κ1) is 23.4. The van der Waals surface area contributed by atoms with Crippen molar-refractivity contribution in [3.05, 3.63) is 35.9 Å². The first-order valence-electron chi connectivity index (χ1n) is 9.08. The number of rotatable bonds is 9. The van der Waals surface area contributed by atoms with Crippen LogP contribution in [0.1, 0.15) is 45.2 Å². The van der Waals surface area contributed by atoms with Crippen LogP contribution in [-0.4, -0.2) is 50.4 Å². The number of carbonyl (C=O) groups is 3. The molecular weight excluding hydrogens is 364 g/mol. The van der Waals surface area contributed by atoms with Crippen LogP contribution in [0.4, 0.5) is 4.79 Å². The van der Waals surface area contributed by atoms with E-state index in [1.807, 2.05) is 30.3 Å². The van der Waals surface area contributed by atoms with Gasteiger partial charge in [0.1, 0.15) is 11.6 Å². The average Bonchev–Trinajstić information content (AvgIpc) is 2.65. The van der Waals surface area contributed by atoms with Gasteiger partial charge in [-0.3, -0.25) is 4.79 Å². The van der Waals surface area contributed by atoms with Gasteiger partial charge in [-0.15, -0.1) is 0 Å². The Hall–Kier alpha value is -2.61. The van der Waals surface area contributed by atoms with Gasteiger partial charge >= 0.3 is 18.0 Å². The molecule has 0 saturated carbocycles. The van der Waals surface area contributed by atoms with Crippen molar-refractivity contribution < 1.29 is 28.6 Å². The molecule has 2 unspecified atom stereocenters. The number of nitrogens with one attached hydrogen (secondary N) is 2. The fourth-order valence-electron chi connectivity index (χ4n) is 2.52. The smallest absolute Gasteiger partial charge is 0.408 e. The molecule has 156 valence electrons. The Kier molecular flexibility index (Phi) is 9.44. The number of methoxy groups -OCH3 is 2. The minimum atomic E-state index is -0.869. The number of amides is 1. The molecule has 8 nitrogen and oxygen atoms in total. The van der Waals surface area contributed by atoms with Gasteiger partial charge in [0, 0.05) is 6.04 Å². The van der Waals surface area contributed by atoms with Crippen molar-refractivity contribution in [1.29, 1.82) is 0 Å². The molecule has 1 amide bonds. The second-order valence-corrected chi connectivity index (χ2v) is 7.22. The van der Waals surface area contributed by atoms with E-state index >= 15 is 0 Å². The van der Waals surface area contributed by atoms with Crippen molar-refractivity contribution in [2.75, 3.05) is 20.8 Å². The summed E-state index contributed by atoms with van der Waals surface area (Å²) in [5, 5.41) is 5.67.